The maximum Gasteiger partial charge on any atom is 0.259 e. The Morgan fingerprint density at radius 3 is 2.41 bits per heavy atom. The number of phenols is 2. The van der Waals surface area contributed by atoms with Gasteiger partial charge in [0.15, 0.2) is 0 Å². The van der Waals surface area contributed by atoms with Gasteiger partial charge in [-0.05, 0) is 54.4 Å². The van der Waals surface area contributed by atoms with Gasteiger partial charge in [-0.15, -0.1) is 0 Å². The van der Waals surface area contributed by atoms with Gasteiger partial charge in [0.05, 0.1) is 16.6 Å². The van der Waals surface area contributed by atoms with Gasteiger partial charge in [0, 0.05) is 51.7 Å². The summed E-state index contributed by atoms with van der Waals surface area (Å²) in [5.74, 6) is -0.660. The van der Waals surface area contributed by atoms with E-state index in [1.54, 1.807) is 36.4 Å². The standard InChI is InChI=1S/C29H22ClN3O4/c30-22-8-2-1-7-19(22)20-15-24-25(27-26(20)28(36)32-29(27)37)21-14-18(35)9-10-23(21)33(24)12-4-11-31-16-5-3-6-17(34)13-16/h1-3,5-10,13-15,31,34-35H,4,11-12H2,(H,32,36,37). The molecule has 0 radical (unpaired) electrons. The van der Waals surface area contributed by atoms with E-state index in [4.69, 9.17) is 11.6 Å². The van der Waals surface area contributed by atoms with Crippen molar-refractivity contribution in [3.05, 3.63) is 88.9 Å². The number of hydrogen-bond donors (Lipinski definition) is 4. The molecule has 5 aromatic rings. The summed E-state index contributed by atoms with van der Waals surface area (Å²) in [4.78, 5) is 26.0. The predicted octanol–water partition coefficient (Wildman–Crippen LogP) is 5.91. The summed E-state index contributed by atoms with van der Waals surface area (Å²) in [7, 11) is 0. The van der Waals surface area contributed by atoms with Gasteiger partial charge in [0.2, 0.25) is 0 Å². The zero-order valence-electron chi connectivity index (χ0n) is 19.6. The highest BCUT2D eigenvalue weighted by Crippen LogP contribution is 2.42. The third-order valence-electron chi connectivity index (χ3n) is 6.72. The fourth-order valence-corrected chi connectivity index (χ4v) is 5.39. The van der Waals surface area contributed by atoms with Crippen molar-refractivity contribution >= 4 is 50.9 Å². The lowest BCUT2D eigenvalue weighted by Crippen LogP contribution is -2.20. The molecule has 0 fully saturated rings. The Labute approximate surface area is 216 Å². The molecule has 7 nitrogen and oxygen atoms in total. The van der Waals surface area contributed by atoms with Crippen LogP contribution < -0.4 is 10.6 Å². The molecule has 2 heterocycles. The lowest BCUT2D eigenvalue weighted by molar-refractivity contribution is 0.0880. The number of phenolic OH excluding ortho intramolecular Hbond substituents is 2. The van der Waals surface area contributed by atoms with Gasteiger partial charge in [0.1, 0.15) is 11.5 Å². The third kappa shape index (κ3) is 3.84. The molecule has 0 unspecified atom stereocenters. The smallest absolute Gasteiger partial charge is 0.259 e. The van der Waals surface area contributed by atoms with Crippen LogP contribution in [0.2, 0.25) is 5.02 Å². The first-order valence-electron chi connectivity index (χ1n) is 11.9. The van der Waals surface area contributed by atoms with Gasteiger partial charge in [-0.3, -0.25) is 14.9 Å². The minimum absolute atomic E-state index is 0.0748. The number of halogens is 1. The van der Waals surface area contributed by atoms with Crippen LogP contribution in [0.15, 0.2) is 72.8 Å². The second-order valence-electron chi connectivity index (χ2n) is 9.02. The predicted molar refractivity (Wildman–Crippen MR) is 145 cm³/mol. The fraction of sp³-hybridized carbons (Fsp3) is 0.103. The average molecular weight is 512 g/mol. The van der Waals surface area contributed by atoms with Crippen LogP contribution in [0.3, 0.4) is 0 Å². The van der Waals surface area contributed by atoms with Crippen LogP contribution in [0.4, 0.5) is 5.69 Å². The van der Waals surface area contributed by atoms with Crippen molar-refractivity contribution in [2.75, 3.05) is 11.9 Å². The fourth-order valence-electron chi connectivity index (χ4n) is 5.15. The van der Waals surface area contributed by atoms with E-state index < -0.39 is 11.8 Å². The Bertz CT molecular complexity index is 1740. The SMILES string of the molecule is O=C1NC(=O)c2c1c(-c1ccccc1Cl)cc1c2c2cc(O)ccc2n1CCCNc1cccc(O)c1. The highest BCUT2D eigenvalue weighted by Gasteiger charge is 2.34. The number of benzene rings is 4. The Kier molecular flexibility index (Phi) is 5.50. The van der Waals surface area contributed by atoms with E-state index >= 15 is 0 Å². The quantitative estimate of drug-likeness (QED) is 0.167. The lowest BCUT2D eigenvalue weighted by atomic mass is 9.93. The average Bonchev–Trinajstić information content (AvgIpc) is 3.34. The van der Waals surface area contributed by atoms with Crippen LogP contribution in [-0.4, -0.2) is 33.1 Å². The van der Waals surface area contributed by atoms with Gasteiger partial charge < -0.3 is 20.1 Å². The molecular formula is C29H22ClN3O4. The number of aryl methyl sites for hydroxylation is 1. The minimum atomic E-state index is -0.466. The number of amides is 2. The molecule has 2 amide bonds. The minimum Gasteiger partial charge on any atom is -0.508 e. The largest absolute Gasteiger partial charge is 0.508 e. The highest BCUT2D eigenvalue weighted by atomic mass is 35.5. The number of aromatic nitrogens is 1. The number of fused-ring (bicyclic) bond motifs is 5. The van der Waals surface area contributed by atoms with Crippen molar-refractivity contribution in [1.82, 2.24) is 9.88 Å². The maximum absolute atomic E-state index is 13.1. The first-order valence-corrected chi connectivity index (χ1v) is 12.3. The number of aromatic hydroxyl groups is 2. The molecule has 4 N–H and O–H groups in total. The topological polar surface area (TPSA) is 104 Å². The van der Waals surface area contributed by atoms with Gasteiger partial charge in [-0.2, -0.15) is 0 Å². The molecule has 8 heteroatoms. The number of anilines is 1. The molecule has 0 saturated heterocycles. The second-order valence-corrected chi connectivity index (χ2v) is 9.42. The van der Waals surface area contributed by atoms with Crippen LogP contribution in [0.25, 0.3) is 32.9 Å². The zero-order chi connectivity index (χ0) is 25.7. The molecule has 4 aromatic carbocycles. The third-order valence-corrected chi connectivity index (χ3v) is 7.05. The number of rotatable bonds is 6. The molecule has 184 valence electrons. The van der Waals surface area contributed by atoms with E-state index in [-0.39, 0.29) is 11.5 Å². The summed E-state index contributed by atoms with van der Waals surface area (Å²) < 4.78 is 2.10. The van der Waals surface area contributed by atoms with Crippen LogP contribution in [0, 0.1) is 0 Å². The van der Waals surface area contributed by atoms with Gasteiger partial charge in [-0.25, -0.2) is 0 Å². The summed E-state index contributed by atoms with van der Waals surface area (Å²) in [6.45, 7) is 1.25. The molecule has 1 aromatic heterocycles. The number of carbonyl (C=O) groups excluding carboxylic acids is 2. The van der Waals surface area contributed by atoms with Crippen molar-refractivity contribution in [3.63, 3.8) is 0 Å². The van der Waals surface area contributed by atoms with E-state index in [1.807, 2.05) is 36.4 Å². The number of nitrogens with one attached hydrogen (secondary N) is 2. The zero-order valence-corrected chi connectivity index (χ0v) is 20.3. The molecule has 0 spiro atoms. The molecule has 6 rings (SSSR count). The first kappa shape index (κ1) is 22.9. The van der Waals surface area contributed by atoms with Crippen LogP contribution in [-0.2, 0) is 6.54 Å². The summed E-state index contributed by atoms with van der Waals surface area (Å²) >= 11 is 6.52. The number of nitrogens with zero attached hydrogens (tertiary/aromatic N) is 1. The maximum atomic E-state index is 13.1. The molecule has 1 aliphatic heterocycles. The van der Waals surface area contributed by atoms with E-state index in [0.29, 0.717) is 51.1 Å². The second kappa shape index (κ2) is 8.87. The molecule has 37 heavy (non-hydrogen) atoms. The summed E-state index contributed by atoms with van der Waals surface area (Å²) in [6.07, 6.45) is 0.735. The molecular weight excluding hydrogens is 490 g/mol. The Hall–Kier alpha value is -4.49. The molecule has 0 atom stereocenters. The van der Waals surface area contributed by atoms with E-state index in [9.17, 15) is 19.8 Å². The van der Waals surface area contributed by atoms with Crippen molar-refractivity contribution in [1.29, 1.82) is 0 Å². The number of imide groups is 1. The van der Waals surface area contributed by atoms with Gasteiger partial charge in [0.25, 0.3) is 11.8 Å². The van der Waals surface area contributed by atoms with Crippen LogP contribution in [0.1, 0.15) is 27.1 Å². The molecule has 0 aliphatic carbocycles. The van der Waals surface area contributed by atoms with Crippen LogP contribution >= 0.6 is 11.6 Å². The Balaban J connectivity index is 1.51. The first-order chi connectivity index (χ1) is 17.9. The van der Waals surface area contributed by atoms with Crippen molar-refractivity contribution in [2.24, 2.45) is 0 Å². The Morgan fingerprint density at radius 1 is 0.811 bits per heavy atom. The monoisotopic (exact) mass is 511 g/mol. The van der Waals surface area contributed by atoms with E-state index in [2.05, 4.69) is 15.2 Å². The summed E-state index contributed by atoms with van der Waals surface area (Å²) in [5.41, 5.74) is 4.27. The summed E-state index contributed by atoms with van der Waals surface area (Å²) in [5, 5.41) is 27.5. The summed E-state index contributed by atoms with van der Waals surface area (Å²) in [6, 6.07) is 21.2. The van der Waals surface area contributed by atoms with Gasteiger partial charge >= 0.3 is 0 Å². The number of carbonyl (C=O) groups is 2. The number of hydrogen-bond acceptors (Lipinski definition) is 5. The van der Waals surface area contributed by atoms with Gasteiger partial charge in [-0.1, -0.05) is 35.9 Å². The Morgan fingerprint density at radius 2 is 1.59 bits per heavy atom. The van der Waals surface area contributed by atoms with Crippen LogP contribution in [0.5, 0.6) is 11.5 Å². The van der Waals surface area contributed by atoms with Crippen molar-refractivity contribution < 1.29 is 19.8 Å². The van der Waals surface area contributed by atoms with E-state index in [1.165, 1.54) is 0 Å². The van der Waals surface area contributed by atoms with E-state index in [0.717, 1.165) is 23.1 Å². The normalized spacial score (nSPS) is 12.8. The lowest BCUT2D eigenvalue weighted by Gasteiger charge is -2.13. The molecule has 0 saturated carbocycles. The van der Waals surface area contributed by atoms with Crippen molar-refractivity contribution in [3.8, 4) is 22.6 Å². The van der Waals surface area contributed by atoms with Crippen molar-refractivity contribution in [2.45, 2.75) is 13.0 Å². The molecule has 0 bridgehead atoms. The highest BCUT2D eigenvalue weighted by molar-refractivity contribution is 6.36. The molecule has 1 aliphatic rings.